The van der Waals surface area contributed by atoms with Crippen LogP contribution in [0, 0.1) is 19.8 Å². The summed E-state index contributed by atoms with van der Waals surface area (Å²) in [5.74, 6) is -1.74. The second-order valence-corrected chi connectivity index (χ2v) is 6.55. The molecule has 1 N–H and O–H groups in total. The number of aryl methyl sites for hydroxylation is 2. The number of amides is 2. The van der Waals surface area contributed by atoms with Crippen LogP contribution in [0.25, 0.3) is 0 Å². The largest absolute Gasteiger partial charge is 0.360 e. The van der Waals surface area contributed by atoms with Crippen LogP contribution in [0.2, 0.25) is 0 Å². The van der Waals surface area contributed by atoms with Crippen molar-refractivity contribution in [1.82, 2.24) is 10.5 Å². The van der Waals surface area contributed by atoms with Crippen LogP contribution in [0.4, 0.5) is 0 Å². The van der Waals surface area contributed by atoms with Gasteiger partial charge in [-0.2, -0.15) is 0 Å². The molecule has 0 bridgehead atoms. The van der Waals surface area contributed by atoms with Gasteiger partial charge in [0.05, 0.1) is 17.4 Å². The van der Waals surface area contributed by atoms with Crippen LogP contribution in [0.15, 0.2) is 9.42 Å². The lowest BCUT2D eigenvalue weighted by molar-refractivity contribution is -0.135. The van der Waals surface area contributed by atoms with Gasteiger partial charge in [0, 0.05) is 6.42 Å². The predicted octanol–water partition coefficient (Wildman–Crippen LogP) is 0.118. The lowest BCUT2D eigenvalue weighted by Crippen LogP contribution is -2.43. The van der Waals surface area contributed by atoms with Gasteiger partial charge < -0.3 is 4.52 Å². The molecule has 2 amide bonds. The van der Waals surface area contributed by atoms with E-state index >= 15 is 0 Å². The number of nitrogens with one attached hydrogen (secondary N) is 1. The molecule has 8 heteroatoms. The van der Waals surface area contributed by atoms with Gasteiger partial charge in [0.2, 0.25) is 11.8 Å². The van der Waals surface area contributed by atoms with E-state index in [4.69, 9.17) is 4.52 Å². The molecule has 19 heavy (non-hydrogen) atoms. The van der Waals surface area contributed by atoms with Crippen molar-refractivity contribution in [3.63, 3.8) is 0 Å². The minimum absolute atomic E-state index is 0.0391. The number of carbonyl (C=O) groups excluding carboxylic acids is 2. The Hall–Kier alpha value is -1.70. The standard InChI is InChI=1S/C11H14N2O5S/c1-6-10(7(2)18-13-6)19(16,17)5-8-3-4-9(14)12-11(8)15/h8H,3-5H2,1-2H3,(H,12,14,15). The number of carbonyl (C=O) groups is 2. The average Bonchev–Trinajstić information content (AvgIpc) is 2.63. The van der Waals surface area contributed by atoms with Crippen molar-refractivity contribution in [3.8, 4) is 0 Å². The smallest absolute Gasteiger partial charge is 0.230 e. The van der Waals surface area contributed by atoms with Crippen LogP contribution in [-0.2, 0) is 19.4 Å². The first-order valence-electron chi connectivity index (χ1n) is 5.80. The molecule has 1 saturated heterocycles. The zero-order valence-corrected chi connectivity index (χ0v) is 11.4. The van der Waals surface area contributed by atoms with Crippen molar-refractivity contribution in [2.24, 2.45) is 5.92 Å². The Kier molecular flexibility index (Phi) is 3.44. The van der Waals surface area contributed by atoms with Gasteiger partial charge >= 0.3 is 0 Å². The SMILES string of the molecule is Cc1noc(C)c1S(=O)(=O)CC1CCC(=O)NC1=O. The van der Waals surface area contributed by atoms with Gasteiger partial charge in [0.15, 0.2) is 15.6 Å². The van der Waals surface area contributed by atoms with E-state index in [0.717, 1.165) is 0 Å². The van der Waals surface area contributed by atoms with Crippen molar-refractivity contribution in [3.05, 3.63) is 11.5 Å². The molecule has 2 heterocycles. The molecule has 0 spiro atoms. The van der Waals surface area contributed by atoms with Gasteiger partial charge in [0.25, 0.3) is 0 Å². The quantitative estimate of drug-likeness (QED) is 0.791. The summed E-state index contributed by atoms with van der Waals surface area (Å²) in [6.45, 7) is 3.05. The molecular weight excluding hydrogens is 272 g/mol. The van der Waals surface area contributed by atoms with Crippen LogP contribution >= 0.6 is 0 Å². The number of nitrogens with zero attached hydrogens (tertiary/aromatic N) is 1. The van der Waals surface area contributed by atoms with Gasteiger partial charge in [-0.25, -0.2) is 8.42 Å². The summed E-state index contributed by atoms with van der Waals surface area (Å²) < 4.78 is 29.4. The monoisotopic (exact) mass is 286 g/mol. The number of piperidine rings is 1. The summed E-state index contributed by atoms with van der Waals surface area (Å²) in [4.78, 5) is 22.6. The van der Waals surface area contributed by atoms with Crippen LogP contribution in [-0.4, -0.2) is 31.1 Å². The van der Waals surface area contributed by atoms with Gasteiger partial charge in [-0.1, -0.05) is 5.16 Å². The molecule has 1 unspecified atom stereocenters. The fourth-order valence-corrected chi connectivity index (χ4v) is 4.14. The summed E-state index contributed by atoms with van der Waals surface area (Å²) in [5.41, 5.74) is 0.282. The number of aromatic nitrogens is 1. The number of hydrogen-bond acceptors (Lipinski definition) is 6. The summed E-state index contributed by atoms with van der Waals surface area (Å²) in [5, 5.41) is 5.74. The molecule has 1 atom stereocenters. The first-order chi connectivity index (χ1) is 8.81. The third kappa shape index (κ3) is 2.67. The molecule has 7 nitrogen and oxygen atoms in total. The normalized spacial score (nSPS) is 20.4. The maximum atomic E-state index is 12.3. The number of hydrogen-bond donors (Lipinski definition) is 1. The van der Waals surface area contributed by atoms with E-state index in [2.05, 4.69) is 10.5 Å². The maximum Gasteiger partial charge on any atom is 0.230 e. The topological polar surface area (TPSA) is 106 Å². The predicted molar refractivity (Wildman–Crippen MR) is 63.9 cm³/mol. The highest BCUT2D eigenvalue weighted by Crippen LogP contribution is 2.24. The van der Waals surface area contributed by atoms with E-state index in [0.29, 0.717) is 0 Å². The van der Waals surface area contributed by atoms with Gasteiger partial charge in [-0.3, -0.25) is 14.9 Å². The van der Waals surface area contributed by atoms with Crippen LogP contribution < -0.4 is 5.32 Å². The summed E-state index contributed by atoms with van der Waals surface area (Å²) in [6.07, 6.45) is 0.404. The highest BCUT2D eigenvalue weighted by Gasteiger charge is 2.34. The van der Waals surface area contributed by atoms with E-state index < -0.39 is 21.7 Å². The third-order valence-corrected chi connectivity index (χ3v) is 5.10. The van der Waals surface area contributed by atoms with Gasteiger partial charge in [-0.05, 0) is 20.3 Å². The Bertz CT molecular complexity index is 612. The molecule has 1 aromatic rings. The lowest BCUT2D eigenvalue weighted by atomic mass is 10.0. The second-order valence-electron chi connectivity index (χ2n) is 4.58. The Morgan fingerprint density at radius 1 is 1.37 bits per heavy atom. The van der Waals surface area contributed by atoms with E-state index in [9.17, 15) is 18.0 Å². The molecule has 1 fully saturated rings. The molecule has 1 aromatic heterocycles. The Morgan fingerprint density at radius 2 is 2.05 bits per heavy atom. The lowest BCUT2D eigenvalue weighted by Gasteiger charge is -2.20. The molecule has 0 aliphatic carbocycles. The minimum atomic E-state index is -3.66. The van der Waals surface area contributed by atoms with Crippen LogP contribution in [0.1, 0.15) is 24.3 Å². The third-order valence-electron chi connectivity index (χ3n) is 3.05. The van der Waals surface area contributed by atoms with Gasteiger partial charge in [0.1, 0.15) is 4.90 Å². The Labute approximate surface area is 110 Å². The summed E-state index contributed by atoms with van der Waals surface area (Å²) in [7, 11) is -3.66. The van der Waals surface area contributed by atoms with Crippen molar-refractivity contribution < 1.29 is 22.5 Å². The molecule has 104 valence electrons. The van der Waals surface area contributed by atoms with E-state index in [1.807, 2.05) is 0 Å². The maximum absolute atomic E-state index is 12.3. The fourth-order valence-electron chi connectivity index (χ4n) is 2.16. The summed E-state index contributed by atoms with van der Waals surface area (Å²) >= 11 is 0. The van der Waals surface area contributed by atoms with Crippen molar-refractivity contribution >= 4 is 21.7 Å². The zero-order chi connectivity index (χ0) is 14.2. The Balaban J connectivity index is 2.23. The van der Waals surface area contributed by atoms with Crippen molar-refractivity contribution in [2.75, 3.05) is 5.75 Å². The van der Waals surface area contributed by atoms with E-state index in [1.165, 1.54) is 13.8 Å². The second kappa shape index (κ2) is 4.76. The van der Waals surface area contributed by atoms with Crippen molar-refractivity contribution in [1.29, 1.82) is 0 Å². The molecule has 0 saturated carbocycles. The zero-order valence-electron chi connectivity index (χ0n) is 10.6. The highest BCUT2D eigenvalue weighted by atomic mass is 32.2. The first-order valence-corrected chi connectivity index (χ1v) is 7.46. The number of rotatable bonds is 3. The van der Waals surface area contributed by atoms with Crippen LogP contribution in [0.5, 0.6) is 0 Å². The van der Waals surface area contributed by atoms with Gasteiger partial charge in [-0.15, -0.1) is 0 Å². The number of imide groups is 1. The number of sulfone groups is 1. The molecule has 2 rings (SSSR count). The molecule has 0 radical (unpaired) electrons. The molecule has 1 aliphatic heterocycles. The minimum Gasteiger partial charge on any atom is -0.360 e. The molecule has 1 aliphatic rings. The fraction of sp³-hybridized carbons (Fsp3) is 0.545. The summed E-state index contributed by atoms with van der Waals surface area (Å²) in [6, 6.07) is 0. The first kappa shape index (κ1) is 13.7. The van der Waals surface area contributed by atoms with E-state index in [1.54, 1.807) is 0 Å². The Morgan fingerprint density at radius 3 is 2.58 bits per heavy atom. The molecular formula is C11H14N2O5S. The van der Waals surface area contributed by atoms with Crippen molar-refractivity contribution in [2.45, 2.75) is 31.6 Å². The van der Waals surface area contributed by atoms with Crippen LogP contribution in [0.3, 0.4) is 0 Å². The molecule has 0 aromatic carbocycles. The van der Waals surface area contributed by atoms with E-state index in [-0.39, 0.29) is 40.9 Å². The average molecular weight is 286 g/mol. The highest BCUT2D eigenvalue weighted by molar-refractivity contribution is 7.91.